The van der Waals surface area contributed by atoms with Crippen LogP contribution in [0.15, 0.2) is 48.5 Å². The molecule has 0 aliphatic rings. The molecule has 0 amide bonds. The molecule has 0 atom stereocenters. The number of hydrogen-bond acceptors (Lipinski definition) is 2. The van der Waals surface area contributed by atoms with Gasteiger partial charge in [-0.1, -0.05) is 36.4 Å². The highest BCUT2D eigenvalue weighted by Crippen LogP contribution is 2.23. The summed E-state index contributed by atoms with van der Waals surface area (Å²) in [5, 5.41) is 17.8. The van der Waals surface area contributed by atoms with Crippen LogP contribution in [-0.2, 0) is 0 Å². The van der Waals surface area contributed by atoms with Crippen molar-refractivity contribution in [1.29, 1.82) is 10.5 Å². The fourth-order valence-electron chi connectivity index (χ4n) is 1.58. The van der Waals surface area contributed by atoms with Crippen LogP contribution < -0.4 is 0 Å². The summed E-state index contributed by atoms with van der Waals surface area (Å²) in [4.78, 5) is 0. The van der Waals surface area contributed by atoms with Crippen LogP contribution >= 0.6 is 0 Å². The maximum Gasteiger partial charge on any atom is 0.0998 e. The summed E-state index contributed by atoms with van der Waals surface area (Å²) in [5.74, 6) is 0. The molecule has 16 heavy (non-hydrogen) atoms. The normalized spacial score (nSPS) is 9.12. The Morgan fingerprint density at radius 1 is 0.812 bits per heavy atom. The van der Waals surface area contributed by atoms with Gasteiger partial charge in [0.2, 0.25) is 0 Å². The van der Waals surface area contributed by atoms with E-state index in [9.17, 15) is 0 Å². The lowest BCUT2D eigenvalue weighted by atomic mass is 9.99. The predicted octanol–water partition coefficient (Wildman–Crippen LogP) is 3.10. The first-order valence-corrected chi connectivity index (χ1v) is 4.85. The molecule has 2 aromatic rings. The molecule has 0 spiro atoms. The molecule has 2 rings (SSSR count). The van der Waals surface area contributed by atoms with Crippen molar-refractivity contribution < 1.29 is 0 Å². The van der Waals surface area contributed by atoms with E-state index in [1.165, 1.54) is 0 Å². The first kappa shape index (κ1) is 9.96. The van der Waals surface area contributed by atoms with Crippen LogP contribution in [0.4, 0.5) is 0 Å². The molecule has 0 saturated carbocycles. The second kappa shape index (κ2) is 4.29. The summed E-state index contributed by atoms with van der Waals surface area (Å²) in [6.45, 7) is 0. The molecule has 0 radical (unpaired) electrons. The molecule has 0 bridgehead atoms. The van der Waals surface area contributed by atoms with Crippen LogP contribution in [0.1, 0.15) is 11.1 Å². The van der Waals surface area contributed by atoms with Gasteiger partial charge in [0.05, 0.1) is 23.3 Å². The van der Waals surface area contributed by atoms with Crippen LogP contribution in [0.25, 0.3) is 11.1 Å². The Bertz CT molecular complexity index is 586. The molecule has 0 N–H and O–H groups in total. The highest BCUT2D eigenvalue weighted by molar-refractivity contribution is 5.71. The zero-order chi connectivity index (χ0) is 11.4. The number of rotatable bonds is 1. The fourth-order valence-corrected chi connectivity index (χ4v) is 1.58. The molecular weight excluding hydrogens is 196 g/mol. The minimum Gasteiger partial charge on any atom is -0.192 e. The van der Waals surface area contributed by atoms with Gasteiger partial charge in [-0.25, -0.2) is 0 Å². The van der Waals surface area contributed by atoms with Gasteiger partial charge in [-0.2, -0.15) is 10.5 Å². The minimum atomic E-state index is 0.510. The summed E-state index contributed by atoms with van der Waals surface area (Å²) in [6.07, 6.45) is 0. The second-order valence-electron chi connectivity index (χ2n) is 3.35. The Kier molecular flexibility index (Phi) is 2.67. The van der Waals surface area contributed by atoms with Gasteiger partial charge >= 0.3 is 0 Å². The van der Waals surface area contributed by atoms with E-state index in [1.807, 2.05) is 42.5 Å². The Morgan fingerprint density at radius 2 is 1.56 bits per heavy atom. The Morgan fingerprint density at radius 3 is 2.19 bits per heavy atom. The fraction of sp³-hybridized carbons (Fsp3) is 0. The molecule has 0 aliphatic heterocycles. The van der Waals surface area contributed by atoms with E-state index in [1.54, 1.807) is 12.1 Å². The van der Waals surface area contributed by atoms with Gasteiger partial charge in [0, 0.05) is 0 Å². The molecule has 2 heteroatoms. The average Bonchev–Trinajstić information content (AvgIpc) is 2.39. The lowest BCUT2D eigenvalue weighted by molar-refractivity contribution is 1.44. The van der Waals surface area contributed by atoms with E-state index in [2.05, 4.69) is 6.07 Å². The average molecular weight is 204 g/mol. The van der Waals surface area contributed by atoms with E-state index in [4.69, 9.17) is 10.5 Å². The van der Waals surface area contributed by atoms with Crippen molar-refractivity contribution in [2.75, 3.05) is 0 Å². The second-order valence-corrected chi connectivity index (χ2v) is 3.35. The lowest BCUT2D eigenvalue weighted by Crippen LogP contribution is -1.85. The third-order valence-corrected chi connectivity index (χ3v) is 2.35. The molecule has 0 unspecified atom stereocenters. The Labute approximate surface area is 94.0 Å². The first-order valence-electron chi connectivity index (χ1n) is 4.85. The first-order chi connectivity index (χ1) is 7.85. The van der Waals surface area contributed by atoms with Crippen LogP contribution in [0.3, 0.4) is 0 Å². The molecule has 2 aromatic carbocycles. The van der Waals surface area contributed by atoms with Gasteiger partial charge in [-0.15, -0.1) is 0 Å². The van der Waals surface area contributed by atoms with Crippen molar-refractivity contribution in [3.63, 3.8) is 0 Å². The zero-order valence-corrected chi connectivity index (χ0v) is 8.51. The smallest absolute Gasteiger partial charge is 0.0998 e. The van der Waals surface area contributed by atoms with Crippen LogP contribution in [0.5, 0.6) is 0 Å². The van der Waals surface area contributed by atoms with E-state index in [0.717, 1.165) is 11.1 Å². The topological polar surface area (TPSA) is 47.6 Å². The lowest BCUT2D eigenvalue weighted by Gasteiger charge is -2.03. The van der Waals surface area contributed by atoms with Gasteiger partial charge in [0.1, 0.15) is 0 Å². The summed E-state index contributed by atoms with van der Waals surface area (Å²) >= 11 is 0. The van der Waals surface area contributed by atoms with Gasteiger partial charge < -0.3 is 0 Å². The SMILES string of the molecule is N#Cc1ccc(-c2ccccc2)c(C#N)c1. The minimum absolute atomic E-state index is 0.510. The summed E-state index contributed by atoms with van der Waals surface area (Å²) in [7, 11) is 0. The number of nitriles is 2. The van der Waals surface area contributed by atoms with Gasteiger partial charge in [0.15, 0.2) is 0 Å². The van der Waals surface area contributed by atoms with Crippen molar-refractivity contribution in [1.82, 2.24) is 0 Å². The molecule has 0 saturated heterocycles. The maximum absolute atomic E-state index is 9.04. The van der Waals surface area contributed by atoms with Crippen molar-refractivity contribution in [2.24, 2.45) is 0 Å². The largest absolute Gasteiger partial charge is 0.192 e. The molecule has 0 aliphatic carbocycles. The van der Waals surface area contributed by atoms with Crippen LogP contribution in [0, 0.1) is 22.7 Å². The van der Waals surface area contributed by atoms with Gasteiger partial charge in [-0.05, 0) is 23.3 Å². The van der Waals surface area contributed by atoms with Crippen molar-refractivity contribution in [3.05, 3.63) is 59.7 Å². The Balaban J connectivity index is 2.60. The predicted molar refractivity (Wildman–Crippen MR) is 61.3 cm³/mol. The molecule has 2 nitrogen and oxygen atoms in total. The van der Waals surface area contributed by atoms with Gasteiger partial charge in [0.25, 0.3) is 0 Å². The standard InChI is InChI=1S/C14H8N2/c15-9-11-6-7-14(13(8-11)10-16)12-4-2-1-3-5-12/h1-8H. The quantitative estimate of drug-likeness (QED) is 0.716. The monoisotopic (exact) mass is 204 g/mol. The summed E-state index contributed by atoms with van der Waals surface area (Å²) in [6, 6.07) is 19.0. The molecule has 0 fully saturated rings. The van der Waals surface area contributed by atoms with Crippen LogP contribution in [0.2, 0.25) is 0 Å². The number of benzene rings is 2. The van der Waals surface area contributed by atoms with Crippen molar-refractivity contribution in [2.45, 2.75) is 0 Å². The molecule has 0 aromatic heterocycles. The maximum atomic E-state index is 9.04. The third kappa shape index (κ3) is 1.78. The van der Waals surface area contributed by atoms with E-state index in [0.29, 0.717) is 11.1 Å². The summed E-state index contributed by atoms with van der Waals surface area (Å²) < 4.78 is 0. The van der Waals surface area contributed by atoms with Crippen molar-refractivity contribution >= 4 is 0 Å². The third-order valence-electron chi connectivity index (χ3n) is 2.35. The highest BCUT2D eigenvalue weighted by Gasteiger charge is 2.05. The van der Waals surface area contributed by atoms with E-state index in [-0.39, 0.29) is 0 Å². The summed E-state index contributed by atoms with van der Waals surface area (Å²) in [5.41, 5.74) is 2.90. The van der Waals surface area contributed by atoms with Crippen LogP contribution in [-0.4, -0.2) is 0 Å². The number of hydrogen-bond donors (Lipinski definition) is 0. The molecule has 0 heterocycles. The van der Waals surface area contributed by atoms with E-state index >= 15 is 0 Å². The highest BCUT2D eigenvalue weighted by atomic mass is 14.3. The van der Waals surface area contributed by atoms with Gasteiger partial charge in [-0.3, -0.25) is 0 Å². The number of nitrogens with zero attached hydrogens (tertiary/aromatic N) is 2. The van der Waals surface area contributed by atoms with E-state index < -0.39 is 0 Å². The Hall–Kier alpha value is -2.58. The molecular formula is C14H8N2. The van der Waals surface area contributed by atoms with Crippen molar-refractivity contribution in [3.8, 4) is 23.3 Å². The zero-order valence-electron chi connectivity index (χ0n) is 8.51. The molecule has 74 valence electrons.